The van der Waals surface area contributed by atoms with Crippen molar-refractivity contribution >= 4 is 60.1 Å². The molecule has 3 aromatic carbocycles. The van der Waals surface area contributed by atoms with Crippen molar-refractivity contribution in [3.8, 4) is 0 Å². The summed E-state index contributed by atoms with van der Waals surface area (Å²) in [6.45, 7) is 0. The lowest BCUT2D eigenvalue weighted by atomic mass is 10.1. The van der Waals surface area contributed by atoms with Crippen LogP contribution in [0.25, 0.3) is 21.0 Å². The summed E-state index contributed by atoms with van der Waals surface area (Å²) in [5.74, 6) is 0. The second-order valence-electron chi connectivity index (χ2n) is 4.64. The molecule has 0 atom stereocenters. The molecule has 0 saturated heterocycles. The molecule has 1 aromatic heterocycles. The van der Waals surface area contributed by atoms with Gasteiger partial charge < -0.3 is 5.32 Å². The van der Waals surface area contributed by atoms with Gasteiger partial charge in [0.05, 0.1) is 10.2 Å². The standard InChI is InChI=1S/C17H12N2S.BrH/c1-2-7-13(8-3-1)18-17-19-16-14-9-5-4-6-12(14)10-11-15(16)20-17;/h1-11H,(H,18,19);1H. The summed E-state index contributed by atoms with van der Waals surface area (Å²) in [5.41, 5.74) is 2.14. The lowest BCUT2D eigenvalue weighted by Gasteiger charge is -2.00. The van der Waals surface area contributed by atoms with Crippen LogP contribution in [0.1, 0.15) is 0 Å². The fraction of sp³-hybridized carbons (Fsp3) is 0. The van der Waals surface area contributed by atoms with Crippen LogP contribution < -0.4 is 5.32 Å². The van der Waals surface area contributed by atoms with Gasteiger partial charge in [-0.15, -0.1) is 17.0 Å². The van der Waals surface area contributed by atoms with E-state index < -0.39 is 0 Å². The van der Waals surface area contributed by atoms with Gasteiger partial charge in [-0.1, -0.05) is 59.9 Å². The van der Waals surface area contributed by atoms with E-state index in [2.05, 4.69) is 41.7 Å². The maximum Gasteiger partial charge on any atom is 0.188 e. The van der Waals surface area contributed by atoms with Crippen LogP contribution in [0.3, 0.4) is 0 Å². The Hall–Kier alpha value is -1.91. The number of benzene rings is 3. The molecule has 4 aromatic rings. The molecule has 0 aliphatic rings. The van der Waals surface area contributed by atoms with Crippen LogP contribution in [-0.4, -0.2) is 4.98 Å². The van der Waals surface area contributed by atoms with Crippen LogP contribution in [0.2, 0.25) is 0 Å². The molecule has 2 nitrogen and oxygen atoms in total. The van der Waals surface area contributed by atoms with E-state index in [-0.39, 0.29) is 17.0 Å². The highest BCUT2D eigenvalue weighted by atomic mass is 79.9. The first-order valence-corrected chi connectivity index (χ1v) is 7.32. The minimum absolute atomic E-state index is 0. The average molecular weight is 357 g/mol. The van der Waals surface area contributed by atoms with Gasteiger partial charge >= 0.3 is 0 Å². The molecule has 0 radical (unpaired) electrons. The van der Waals surface area contributed by atoms with Gasteiger partial charge in [-0.05, 0) is 23.6 Å². The van der Waals surface area contributed by atoms with E-state index in [0.717, 1.165) is 16.3 Å². The Labute approximate surface area is 137 Å². The molecule has 1 N–H and O–H groups in total. The van der Waals surface area contributed by atoms with Crippen LogP contribution in [0, 0.1) is 0 Å². The Morgan fingerprint density at radius 1 is 0.810 bits per heavy atom. The molecule has 0 spiro atoms. The van der Waals surface area contributed by atoms with Crippen molar-refractivity contribution in [3.63, 3.8) is 0 Å². The second kappa shape index (κ2) is 5.84. The minimum atomic E-state index is 0. The number of hydrogen-bond donors (Lipinski definition) is 1. The monoisotopic (exact) mass is 356 g/mol. The number of aromatic nitrogens is 1. The molecule has 0 unspecified atom stereocenters. The fourth-order valence-electron chi connectivity index (χ4n) is 2.36. The molecule has 0 saturated carbocycles. The van der Waals surface area contributed by atoms with Gasteiger partial charge in [0, 0.05) is 11.1 Å². The van der Waals surface area contributed by atoms with E-state index in [1.165, 1.54) is 15.5 Å². The predicted molar refractivity (Wildman–Crippen MR) is 97.2 cm³/mol. The molecule has 0 aliphatic carbocycles. The number of rotatable bonds is 2. The first kappa shape index (κ1) is 14.0. The number of nitrogens with zero attached hydrogens (tertiary/aromatic N) is 1. The normalized spacial score (nSPS) is 10.5. The van der Waals surface area contributed by atoms with Gasteiger partial charge in [0.25, 0.3) is 0 Å². The van der Waals surface area contributed by atoms with Crippen LogP contribution in [-0.2, 0) is 0 Å². The Bertz CT molecular complexity index is 887. The van der Waals surface area contributed by atoms with E-state index >= 15 is 0 Å². The Morgan fingerprint density at radius 2 is 1.57 bits per heavy atom. The van der Waals surface area contributed by atoms with Crippen molar-refractivity contribution in [1.82, 2.24) is 4.98 Å². The first-order chi connectivity index (χ1) is 9.90. The van der Waals surface area contributed by atoms with Gasteiger partial charge in [-0.3, -0.25) is 0 Å². The third-order valence-corrected chi connectivity index (χ3v) is 4.24. The predicted octanol–water partition coefficient (Wildman–Crippen LogP) is 5.77. The highest BCUT2D eigenvalue weighted by Crippen LogP contribution is 2.32. The SMILES string of the molecule is Br.c1ccc(Nc2nc3c(ccc4ccccc43)s2)cc1. The third-order valence-electron chi connectivity index (χ3n) is 3.31. The number of hydrogen-bond acceptors (Lipinski definition) is 3. The Balaban J connectivity index is 0.00000132. The van der Waals surface area contributed by atoms with Gasteiger partial charge in [-0.2, -0.15) is 0 Å². The van der Waals surface area contributed by atoms with Gasteiger partial charge in [0.2, 0.25) is 0 Å². The summed E-state index contributed by atoms with van der Waals surface area (Å²) in [4.78, 5) is 4.74. The van der Waals surface area contributed by atoms with Crippen molar-refractivity contribution < 1.29 is 0 Å². The molecule has 21 heavy (non-hydrogen) atoms. The van der Waals surface area contributed by atoms with Gasteiger partial charge in [0.1, 0.15) is 0 Å². The summed E-state index contributed by atoms with van der Waals surface area (Å²) in [6, 6.07) is 22.8. The highest BCUT2D eigenvalue weighted by molar-refractivity contribution is 8.93. The topological polar surface area (TPSA) is 24.9 Å². The number of nitrogens with one attached hydrogen (secondary N) is 1. The highest BCUT2D eigenvalue weighted by Gasteiger charge is 2.07. The summed E-state index contributed by atoms with van der Waals surface area (Å²) in [6.07, 6.45) is 0. The van der Waals surface area contributed by atoms with Crippen LogP contribution in [0.5, 0.6) is 0 Å². The van der Waals surface area contributed by atoms with E-state index in [0.29, 0.717) is 0 Å². The Morgan fingerprint density at radius 3 is 2.43 bits per heavy atom. The third kappa shape index (κ3) is 2.64. The molecular formula is C17H13BrN2S. The van der Waals surface area contributed by atoms with E-state index in [9.17, 15) is 0 Å². The summed E-state index contributed by atoms with van der Waals surface area (Å²) in [7, 11) is 0. The number of fused-ring (bicyclic) bond motifs is 3. The molecule has 0 bridgehead atoms. The summed E-state index contributed by atoms with van der Waals surface area (Å²) < 4.78 is 1.21. The summed E-state index contributed by atoms with van der Waals surface area (Å²) in [5, 5.41) is 6.74. The zero-order chi connectivity index (χ0) is 13.4. The Kier molecular flexibility index (Phi) is 3.90. The van der Waals surface area contributed by atoms with Gasteiger partial charge in [-0.25, -0.2) is 4.98 Å². The number of para-hydroxylation sites is 1. The number of thiazole rings is 1. The smallest absolute Gasteiger partial charge is 0.188 e. The van der Waals surface area contributed by atoms with Crippen molar-refractivity contribution in [2.75, 3.05) is 5.32 Å². The molecule has 1 heterocycles. The molecule has 0 fully saturated rings. The van der Waals surface area contributed by atoms with Crippen molar-refractivity contribution in [2.45, 2.75) is 0 Å². The quantitative estimate of drug-likeness (QED) is 0.493. The fourth-order valence-corrected chi connectivity index (χ4v) is 3.26. The molecular weight excluding hydrogens is 344 g/mol. The molecule has 0 amide bonds. The summed E-state index contributed by atoms with van der Waals surface area (Å²) >= 11 is 1.68. The van der Waals surface area contributed by atoms with E-state index in [4.69, 9.17) is 4.98 Å². The molecule has 0 aliphatic heterocycles. The molecule has 4 rings (SSSR count). The first-order valence-electron chi connectivity index (χ1n) is 6.50. The van der Waals surface area contributed by atoms with Crippen molar-refractivity contribution in [3.05, 3.63) is 66.7 Å². The second-order valence-corrected chi connectivity index (χ2v) is 5.67. The lowest BCUT2D eigenvalue weighted by molar-refractivity contribution is 1.45. The van der Waals surface area contributed by atoms with Gasteiger partial charge in [0.15, 0.2) is 5.13 Å². The zero-order valence-corrected chi connectivity index (χ0v) is 13.6. The van der Waals surface area contributed by atoms with Crippen LogP contribution >= 0.6 is 28.3 Å². The van der Waals surface area contributed by atoms with Crippen molar-refractivity contribution in [1.29, 1.82) is 0 Å². The average Bonchev–Trinajstić information content (AvgIpc) is 2.91. The minimum Gasteiger partial charge on any atom is -0.332 e. The van der Waals surface area contributed by atoms with E-state index in [1.54, 1.807) is 11.3 Å². The zero-order valence-electron chi connectivity index (χ0n) is 11.1. The largest absolute Gasteiger partial charge is 0.332 e. The maximum absolute atomic E-state index is 4.74. The molecule has 104 valence electrons. The van der Waals surface area contributed by atoms with Crippen LogP contribution in [0.4, 0.5) is 10.8 Å². The number of anilines is 2. The lowest BCUT2D eigenvalue weighted by Crippen LogP contribution is -1.87. The van der Waals surface area contributed by atoms with Crippen molar-refractivity contribution in [2.24, 2.45) is 0 Å². The van der Waals surface area contributed by atoms with Crippen LogP contribution in [0.15, 0.2) is 66.7 Å². The molecule has 4 heteroatoms. The van der Waals surface area contributed by atoms with E-state index in [1.807, 2.05) is 30.3 Å². The number of halogens is 1. The maximum atomic E-state index is 4.74.